The van der Waals surface area contributed by atoms with Crippen molar-refractivity contribution in [3.63, 3.8) is 0 Å². The van der Waals surface area contributed by atoms with Gasteiger partial charge in [0.2, 0.25) is 6.29 Å². The molecule has 1 unspecified atom stereocenters. The van der Waals surface area contributed by atoms with Crippen LogP contribution in [-0.2, 0) is 4.74 Å². The molecule has 4 nitrogen and oxygen atoms in total. The van der Waals surface area contributed by atoms with Gasteiger partial charge in [-0.25, -0.2) is 9.97 Å². The van der Waals surface area contributed by atoms with Gasteiger partial charge in [0.05, 0.1) is 17.9 Å². The first-order chi connectivity index (χ1) is 11.9. The van der Waals surface area contributed by atoms with Gasteiger partial charge in [-0.1, -0.05) is 49.4 Å². The van der Waals surface area contributed by atoms with Crippen LogP contribution in [0.15, 0.2) is 60.8 Å². The smallest absolute Gasteiger partial charge is 0.230 e. The van der Waals surface area contributed by atoms with Gasteiger partial charge in [0, 0.05) is 17.3 Å². The van der Waals surface area contributed by atoms with Crippen LogP contribution in [0.25, 0.3) is 22.6 Å². The second kappa shape index (κ2) is 6.42. The lowest BCUT2D eigenvalue weighted by atomic mass is 10.0. The molecule has 1 aliphatic rings. The summed E-state index contributed by atoms with van der Waals surface area (Å²) in [5.41, 5.74) is 3.73. The molecule has 24 heavy (non-hydrogen) atoms. The van der Waals surface area contributed by atoms with E-state index in [1.165, 1.54) is 0 Å². The maximum atomic E-state index is 6.00. The van der Waals surface area contributed by atoms with E-state index in [1.54, 1.807) is 0 Å². The first kappa shape index (κ1) is 14.8. The second-order valence-electron chi connectivity index (χ2n) is 5.68. The van der Waals surface area contributed by atoms with Crippen LogP contribution in [0.4, 0.5) is 0 Å². The molecule has 0 aliphatic carbocycles. The normalized spacial score (nSPS) is 15.3. The number of ether oxygens (including phenoxy) is 2. The molecule has 1 aromatic heterocycles. The zero-order chi connectivity index (χ0) is 16.4. The molecule has 0 fully saturated rings. The van der Waals surface area contributed by atoms with Gasteiger partial charge >= 0.3 is 0 Å². The zero-order valence-electron chi connectivity index (χ0n) is 13.5. The molecule has 120 valence electrons. The summed E-state index contributed by atoms with van der Waals surface area (Å²) >= 11 is 0. The molecule has 0 radical (unpaired) electrons. The van der Waals surface area contributed by atoms with E-state index in [2.05, 4.69) is 11.9 Å². The van der Waals surface area contributed by atoms with E-state index in [1.807, 2.05) is 60.8 Å². The predicted octanol–water partition coefficient (Wildman–Crippen LogP) is 4.63. The number of fused-ring (bicyclic) bond motifs is 3. The van der Waals surface area contributed by atoms with Gasteiger partial charge in [0.15, 0.2) is 5.82 Å². The minimum absolute atomic E-state index is 0.459. The lowest BCUT2D eigenvalue weighted by Gasteiger charge is -2.27. The van der Waals surface area contributed by atoms with Crippen molar-refractivity contribution in [1.82, 2.24) is 9.97 Å². The first-order valence-corrected chi connectivity index (χ1v) is 8.17. The van der Waals surface area contributed by atoms with E-state index < -0.39 is 6.29 Å². The average molecular weight is 318 g/mol. The number of rotatable bonds is 4. The molecule has 3 aromatic rings. The summed E-state index contributed by atoms with van der Waals surface area (Å²) in [5, 5.41) is 0. The van der Waals surface area contributed by atoms with Gasteiger partial charge in [-0.15, -0.1) is 0 Å². The minimum Gasteiger partial charge on any atom is -0.460 e. The Bertz CT molecular complexity index is 849. The Morgan fingerprint density at radius 1 is 1.04 bits per heavy atom. The maximum absolute atomic E-state index is 6.00. The van der Waals surface area contributed by atoms with E-state index in [4.69, 9.17) is 14.5 Å². The molecule has 1 aliphatic heterocycles. The quantitative estimate of drug-likeness (QED) is 0.703. The summed E-state index contributed by atoms with van der Waals surface area (Å²) in [5.74, 6) is 1.50. The molecular weight excluding hydrogens is 300 g/mol. The standard InChI is InChI=1S/C20H18N2O2/c1-2-12-23-20-16-13-21-19(14-8-4-3-5-9-14)22-18(16)15-10-6-7-11-17(15)24-20/h3-11,13,20H,2,12H2,1H3. The maximum Gasteiger partial charge on any atom is 0.230 e. The monoisotopic (exact) mass is 318 g/mol. The Morgan fingerprint density at radius 3 is 2.67 bits per heavy atom. The summed E-state index contributed by atoms with van der Waals surface area (Å²) in [7, 11) is 0. The van der Waals surface area contributed by atoms with Crippen molar-refractivity contribution < 1.29 is 9.47 Å². The molecule has 0 amide bonds. The average Bonchev–Trinajstić information content (AvgIpc) is 2.66. The molecule has 1 atom stereocenters. The summed E-state index contributed by atoms with van der Waals surface area (Å²) in [6.07, 6.45) is 2.29. The lowest BCUT2D eigenvalue weighted by molar-refractivity contribution is -0.0851. The van der Waals surface area contributed by atoms with Gasteiger partial charge < -0.3 is 9.47 Å². The number of benzene rings is 2. The van der Waals surface area contributed by atoms with Gasteiger partial charge in [0.1, 0.15) is 5.75 Å². The molecule has 0 saturated carbocycles. The minimum atomic E-state index is -0.459. The third-order valence-electron chi connectivity index (χ3n) is 3.95. The van der Waals surface area contributed by atoms with Gasteiger partial charge in [0.25, 0.3) is 0 Å². The highest BCUT2D eigenvalue weighted by atomic mass is 16.7. The molecule has 0 saturated heterocycles. The predicted molar refractivity (Wildman–Crippen MR) is 92.5 cm³/mol. The highest BCUT2D eigenvalue weighted by Crippen LogP contribution is 2.41. The number of nitrogens with zero attached hydrogens (tertiary/aromatic N) is 2. The van der Waals surface area contributed by atoms with E-state index in [0.717, 1.165) is 34.6 Å². The molecule has 2 heterocycles. The van der Waals surface area contributed by atoms with Crippen LogP contribution < -0.4 is 4.74 Å². The second-order valence-corrected chi connectivity index (χ2v) is 5.68. The molecule has 0 bridgehead atoms. The number of para-hydroxylation sites is 1. The number of aromatic nitrogens is 2. The largest absolute Gasteiger partial charge is 0.460 e. The van der Waals surface area contributed by atoms with E-state index in [0.29, 0.717) is 12.4 Å². The van der Waals surface area contributed by atoms with Crippen molar-refractivity contribution >= 4 is 0 Å². The van der Waals surface area contributed by atoms with Crippen LogP contribution in [0.3, 0.4) is 0 Å². The zero-order valence-corrected chi connectivity index (χ0v) is 13.5. The third-order valence-corrected chi connectivity index (χ3v) is 3.95. The first-order valence-electron chi connectivity index (χ1n) is 8.17. The highest BCUT2D eigenvalue weighted by Gasteiger charge is 2.28. The van der Waals surface area contributed by atoms with Crippen molar-refractivity contribution in [1.29, 1.82) is 0 Å². The van der Waals surface area contributed by atoms with Crippen molar-refractivity contribution in [2.75, 3.05) is 6.61 Å². The Labute approximate surface area is 141 Å². The van der Waals surface area contributed by atoms with Gasteiger partial charge in [-0.3, -0.25) is 0 Å². The molecule has 2 aromatic carbocycles. The molecule has 0 spiro atoms. The van der Waals surface area contributed by atoms with E-state index in [-0.39, 0.29) is 0 Å². The van der Waals surface area contributed by atoms with Crippen LogP contribution >= 0.6 is 0 Å². The summed E-state index contributed by atoms with van der Waals surface area (Å²) in [4.78, 5) is 9.33. The Hall–Kier alpha value is -2.72. The fourth-order valence-electron chi connectivity index (χ4n) is 2.80. The SMILES string of the molecule is CCCOC1Oc2ccccc2-c2nc(-c3ccccc3)ncc21. The van der Waals surface area contributed by atoms with Crippen molar-refractivity contribution in [3.05, 3.63) is 66.4 Å². The Morgan fingerprint density at radius 2 is 1.83 bits per heavy atom. The topological polar surface area (TPSA) is 44.2 Å². The van der Waals surface area contributed by atoms with E-state index in [9.17, 15) is 0 Å². The molecule has 4 rings (SSSR count). The summed E-state index contributed by atoms with van der Waals surface area (Å²) in [6.45, 7) is 2.71. The lowest BCUT2D eigenvalue weighted by Crippen LogP contribution is -2.19. The molecule has 4 heteroatoms. The van der Waals surface area contributed by atoms with Crippen molar-refractivity contribution in [2.45, 2.75) is 19.6 Å². The third kappa shape index (κ3) is 2.65. The summed E-state index contributed by atoms with van der Waals surface area (Å²) in [6, 6.07) is 17.9. The Balaban J connectivity index is 1.83. The molecule has 0 N–H and O–H groups in total. The van der Waals surface area contributed by atoms with Crippen molar-refractivity contribution in [3.8, 4) is 28.4 Å². The fraction of sp³-hybridized carbons (Fsp3) is 0.200. The van der Waals surface area contributed by atoms with Crippen molar-refractivity contribution in [2.24, 2.45) is 0 Å². The van der Waals surface area contributed by atoms with E-state index >= 15 is 0 Å². The Kier molecular flexibility index (Phi) is 3.97. The summed E-state index contributed by atoms with van der Waals surface area (Å²) < 4.78 is 11.9. The highest BCUT2D eigenvalue weighted by molar-refractivity contribution is 5.73. The van der Waals surface area contributed by atoms with Crippen LogP contribution in [0.5, 0.6) is 5.75 Å². The van der Waals surface area contributed by atoms with Crippen LogP contribution in [-0.4, -0.2) is 16.6 Å². The number of hydrogen-bond donors (Lipinski definition) is 0. The van der Waals surface area contributed by atoms with Crippen LogP contribution in [0.2, 0.25) is 0 Å². The van der Waals surface area contributed by atoms with Gasteiger partial charge in [-0.2, -0.15) is 0 Å². The fourth-order valence-corrected chi connectivity index (χ4v) is 2.80. The molecular formula is C20H18N2O2. The number of hydrogen-bond acceptors (Lipinski definition) is 4. The van der Waals surface area contributed by atoms with Crippen LogP contribution in [0.1, 0.15) is 25.2 Å². The van der Waals surface area contributed by atoms with Crippen LogP contribution in [0, 0.1) is 0 Å². The van der Waals surface area contributed by atoms with Gasteiger partial charge in [-0.05, 0) is 18.6 Å².